The molecule has 0 bridgehead atoms. The summed E-state index contributed by atoms with van der Waals surface area (Å²) >= 11 is 0. The number of nitrogens with one attached hydrogen (secondary N) is 1. The molecule has 2 aliphatic rings. The van der Waals surface area contributed by atoms with Gasteiger partial charge >= 0.3 is 0 Å². The molecular weight excluding hydrogens is 262 g/mol. The highest BCUT2D eigenvalue weighted by Gasteiger charge is 2.41. The highest BCUT2D eigenvalue weighted by molar-refractivity contribution is 4.99. The second-order valence-corrected chi connectivity index (χ2v) is 7.35. The van der Waals surface area contributed by atoms with Crippen molar-refractivity contribution in [2.24, 2.45) is 5.92 Å². The van der Waals surface area contributed by atoms with Crippen molar-refractivity contribution in [3.05, 3.63) is 0 Å². The molecule has 1 heterocycles. The van der Waals surface area contributed by atoms with E-state index in [0.29, 0.717) is 24.6 Å². The van der Waals surface area contributed by atoms with Crippen LogP contribution in [0.3, 0.4) is 0 Å². The predicted octanol–water partition coefficient (Wildman–Crippen LogP) is 1.54. The van der Waals surface area contributed by atoms with Crippen LogP contribution >= 0.6 is 0 Å². The lowest BCUT2D eigenvalue weighted by Gasteiger charge is -2.43. The zero-order valence-corrected chi connectivity index (χ0v) is 14.4. The van der Waals surface area contributed by atoms with E-state index in [0.717, 1.165) is 13.0 Å². The van der Waals surface area contributed by atoms with Crippen LogP contribution in [0, 0.1) is 5.92 Å². The number of likely N-dealkylation sites (N-methyl/N-ethyl adjacent to an activating group) is 2. The minimum Gasteiger partial charge on any atom is -0.394 e. The van der Waals surface area contributed by atoms with Crippen LogP contribution in [0.25, 0.3) is 0 Å². The quantitative estimate of drug-likeness (QED) is 0.780. The van der Waals surface area contributed by atoms with Crippen molar-refractivity contribution in [3.63, 3.8) is 0 Å². The van der Waals surface area contributed by atoms with E-state index in [9.17, 15) is 5.11 Å². The molecule has 4 nitrogen and oxygen atoms in total. The molecule has 0 aromatic carbocycles. The van der Waals surface area contributed by atoms with E-state index >= 15 is 0 Å². The SMILES string of the molecule is CCNC1(CO)CCCC1CCN1CC(C)N(C)C(C)C1. The number of nitrogens with zero attached hydrogens (tertiary/aromatic N) is 2. The summed E-state index contributed by atoms with van der Waals surface area (Å²) in [6.07, 6.45) is 4.88. The van der Waals surface area contributed by atoms with Gasteiger partial charge in [-0.25, -0.2) is 0 Å². The lowest BCUT2D eigenvalue weighted by Crippen LogP contribution is -2.56. The fraction of sp³-hybridized carbons (Fsp3) is 1.00. The minimum atomic E-state index is -0.00143. The maximum Gasteiger partial charge on any atom is 0.0616 e. The molecule has 0 aromatic rings. The van der Waals surface area contributed by atoms with Gasteiger partial charge in [0.15, 0.2) is 0 Å². The summed E-state index contributed by atoms with van der Waals surface area (Å²) < 4.78 is 0. The Balaban J connectivity index is 1.87. The van der Waals surface area contributed by atoms with Crippen LogP contribution in [-0.4, -0.2) is 72.4 Å². The molecule has 0 aromatic heterocycles. The number of hydrogen-bond donors (Lipinski definition) is 2. The van der Waals surface area contributed by atoms with E-state index in [4.69, 9.17) is 0 Å². The highest BCUT2D eigenvalue weighted by Crippen LogP contribution is 2.37. The maximum absolute atomic E-state index is 9.89. The molecule has 21 heavy (non-hydrogen) atoms. The monoisotopic (exact) mass is 297 g/mol. The summed E-state index contributed by atoms with van der Waals surface area (Å²) in [5.41, 5.74) is -0.00143. The third-order valence-corrected chi connectivity index (χ3v) is 6.00. The molecule has 0 amide bonds. The number of aliphatic hydroxyl groups is 1. The van der Waals surface area contributed by atoms with Gasteiger partial charge in [-0.1, -0.05) is 13.3 Å². The third-order valence-electron chi connectivity index (χ3n) is 6.00. The average molecular weight is 297 g/mol. The van der Waals surface area contributed by atoms with Gasteiger partial charge in [-0.15, -0.1) is 0 Å². The van der Waals surface area contributed by atoms with Crippen LogP contribution in [0.4, 0.5) is 0 Å². The Morgan fingerprint density at radius 3 is 2.48 bits per heavy atom. The molecular formula is C17H35N3O. The summed E-state index contributed by atoms with van der Waals surface area (Å²) in [4.78, 5) is 5.12. The molecule has 124 valence electrons. The zero-order valence-electron chi connectivity index (χ0n) is 14.4. The Bertz CT molecular complexity index is 313. The second-order valence-electron chi connectivity index (χ2n) is 7.35. The van der Waals surface area contributed by atoms with Crippen molar-refractivity contribution in [2.75, 3.05) is 39.8 Å². The minimum absolute atomic E-state index is 0.00143. The van der Waals surface area contributed by atoms with Gasteiger partial charge in [0.1, 0.15) is 0 Å². The van der Waals surface area contributed by atoms with Crippen molar-refractivity contribution in [2.45, 2.75) is 64.1 Å². The average Bonchev–Trinajstić information content (AvgIpc) is 2.86. The lowest BCUT2D eigenvalue weighted by atomic mass is 9.85. The molecule has 1 saturated carbocycles. The summed E-state index contributed by atoms with van der Waals surface area (Å²) in [5.74, 6) is 0.632. The number of hydrogen-bond acceptors (Lipinski definition) is 4. The molecule has 1 aliphatic heterocycles. The van der Waals surface area contributed by atoms with Gasteiger partial charge < -0.3 is 15.3 Å². The molecule has 1 saturated heterocycles. The molecule has 2 rings (SSSR count). The number of aliphatic hydroxyl groups excluding tert-OH is 1. The van der Waals surface area contributed by atoms with E-state index in [2.05, 4.69) is 42.9 Å². The Kier molecular flexibility index (Phi) is 6.06. The summed E-state index contributed by atoms with van der Waals surface area (Å²) in [7, 11) is 2.24. The largest absolute Gasteiger partial charge is 0.394 e. The summed E-state index contributed by atoms with van der Waals surface area (Å²) in [6, 6.07) is 1.29. The van der Waals surface area contributed by atoms with E-state index in [1.165, 1.54) is 38.9 Å². The Hall–Kier alpha value is -0.160. The van der Waals surface area contributed by atoms with Crippen molar-refractivity contribution >= 4 is 0 Å². The fourth-order valence-electron chi connectivity index (χ4n) is 4.45. The molecule has 0 radical (unpaired) electrons. The first kappa shape index (κ1) is 17.2. The molecule has 0 spiro atoms. The maximum atomic E-state index is 9.89. The molecule has 1 aliphatic carbocycles. The molecule has 2 fully saturated rings. The van der Waals surface area contributed by atoms with Gasteiger partial charge in [0.2, 0.25) is 0 Å². The molecule has 4 unspecified atom stereocenters. The van der Waals surface area contributed by atoms with Crippen LogP contribution < -0.4 is 5.32 Å². The van der Waals surface area contributed by atoms with Crippen LogP contribution in [0.15, 0.2) is 0 Å². The number of piperazine rings is 1. The first-order valence-corrected chi connectivity index (χ1v) is 8.82. The van der Waals surface area contributed by atoms with E-state index < -0.39 is 0 Å². The third kappa shape index (κ3) is 3.79. The van der Waals surface area contributed by atoms with Crippen LogP contribution in [0.1, 0.15) is 46.5 Å². The number of rotatable bonds is 6. The van der Waals surface area contributed by atoms with Crippen molar-refractivity contribution in [3.8, 4) is 0 Å². The van der Waals surface area contributed by atoms with E-state index in [-0.39, 0.29) is 5.54 Å². The predicted molar refractivity (Wildman–Crippen MR) is 88.6 cm³/mol. The van der Waals surface area contributed by atoms with Gasteiger partial charge in [0, 0.05) is 30.7 Å². The second kappa shape index (κ2) is 7.40. The first-order chi connectivity index (χ1) is 10.0. The van der Waals surface area contributed by atoms with Crippen LogP contribution in [0.5, 0.6) is 0 Å². The lowest BCUT2D eigenvalue weighted by molar-refractivity contribution is 0.0497. The standard InChI is InChI=1S/C17H35N3O/c1-5-18-17(13-21)9-6-7-16(17)8-10-20-11-14(2)19(4)15(3)12-20/h14-16,18,21H,5-13H2,1-4H3. The van der Waals surface area contributed by atoms with Gasteiger partial charge in [-0.2, -0.15) is 0 Å². The van der Waals surface area contributed by atoms with Crippen molar-refractivity contribution in [1.82, 2.24) is 15.1 Å². The van der Waals surface area contributed by atoms with Crippen molar-refractivity contribution in [1.29, 1.82) is 0 Å². The molecule has 4 atom stereocenters. The summed E-state index contributed by atoms with van der Waals surface area (Å²) in [6.45, 7) is 11.6. The normalized spacial score (nSPS) is 39.0. The topological polar surface area (TPSA) is 38.7 Å². The van der Waals surface area contributed by atoms with E-state index in [1.807, 2.05) is 0 Å². The van der Waals surface area contributed by atoms with Gasteiger partial charge in [-0.05, 0) is 59.2 Å². The van der Waals surface area contributed by atoms with Gasteiger partial charge in [0.25, 0.3) is 0 Å². The highest BCUT2D eigenvalue weighted by atomic mass is 16.3. The Labute approximate surface area is 130 Å². The zero-order chi connectivity index (χ0) is 15.5. The molecule has 4 heteroatoms. The fourth-order valence-corrected chi connectivity index (χ4v) is 4.45. The van der Waals surface area contributed by atoms with E-state index in [1.54, 1.807) is 0 Å². The Morgan fingerprint density at radius 1 is 1.24 bits per heavy atom. The Morgan fingerprint density at radius 2 is 1.90 bits per heavy atom. The van der Waals surface area contributed by atoms with Crippen molar-refractivity contribution < 1.29 is 5.11 Å². The summed E-state index contributed by atoms with van der Waals surface area (Å²) in [5, 5.41) is 13.5. The van der Waals surface area contributed by atoms with Crippen LogP contribution in [0.2, 0.25) is 0 Å². The van der Waals surface area contributed by atoms with Crippen LogP contribution in [-0.2, 0) is 0 Å². The molecule has 2 N–H and O–H groups in total. The van der Waals surface area contributed by atoms with Gasteiger partial charge in [0.05, 0.1) is 6.61 Å². The first-order valence-electron chi connectivity index (χ1n) is 8.82. The van der Waals surface area contributed by atoms with Gasteiger partial charge in [-0.3, -0.25) is 4.90 Å². The smallest absolute Gasteiger partial charge is 0.0616 e.